The van der Waals surface area contributed by atoms with Gasteiger partial charge in [0.15, 0.2) is 0 Å². The first-order valence-electron chi connectivity index (χ1n) is 5.73. The molecule has 78 valence electrons. The van der Waals surface area contributed by atoms with E-state index in [1.165, 1.54) is 32.1 Å². The van der Waals surface area contributed by atoms with E-state index in [4.69, 9.17) is 0 Å². The molecule has 1 N–H and O–H groups in total. The zero-order valence-corrected chi connectivity index (χ0v) is 9.34. The number of aliphatic hydroxyl groups is 1. The van der Waals surface area contributed by atoms with Crippen molar-refractivity contribution in [1.29, 1.82) is 0 Å². The molecule has 0 aromatic heterocycles. The molecule has 1 nitrogen and oxygen atoms in total. The summed E-state index contributed by atoms with van der Waals surface area (Å²) >= 11 is 0. The van der Waals surface area contributed by atoms with E-state index in [2.05, 4.69) is 6.92 Å². The van der Waals surface area contributed by atoms with Crippen LogP contribution in [0.1, 0.15) is 59.3 Å². The molecule has 0 saturated heterocycles. The van der Waals surface area contributed by atoms with E-state index in [0.29, 0.717) is 0 Å². The maximum atomic E-state index is 9.60. The van der Waals surface area contributed by atoms with Gasteiger partial charge in [-0.05, 0) is 44.9 Å². The quantitative estimate of drug-likeness (QED) is 0.710. The van der Waals surface area contributed by atoms with E-state index in [0.717, 1.165) is 18.3 Å². The monoisotopic (exact) mass is 184 g/mol. The molecule has 1 fully saturated rings. The van der Waals surface area contributed by atoms with Crippen LogP contribution in [0.25, 0.3) is 0 Å². The number of hydrogen-bond acceptors (Lipinski definition) is 1. The fourth-order valence-electron chi connectivity index (χ4n) is 2.37. The van der Waals surface area contributed by atoms with Gasteiger partial charge in [0.05, 0.1) is 5.60 Å². The summed E-state index contributed by atoms with van der Waals surface area (Å²) in [6.45, 7) is 6.13. The molecule has 2 atom stereocenters. The molecule has 0 aromatic rings. The van der Waals surface area contributed by atoms with E-state index < -0.39 is 5.60 Å². The van der Waals surface area contributed by atoms with E-state index in [9.17, 15) is 5.11 Å². The molecule has 0 radical (unpaired) electrons. The molecule has 1 aliphatic carbocycles. The average Bonchev–Trinajstić information content (AvgIpc) is 2.47. The van der Waals surface area contributed by atoms with Crippen LogP contribution >= 0.6 is 0 Å². The van der Waals surface area contributed by atoms with Crippen molar-refractivity contribution in [3.63, 3.8) is 0 Å². The van der Waals surface area contributed by atoms with Crippen molar-refractivity contribution in [2.24, 2.45) is 11.8 Å². The predicted octanol–water partition coefficient (Wildman–Crippen LogP) is 3.36. The molecule has 1 saturated carbocycles. The summed E-state index contributed by atoms with van der Waals surface area (Å²) in [4.78, 5) is 0. The SMILES string of the molecule is CCC1CCC(CCC(C)(C)O)C1. The fourth-order valence-corrected chi connectivity index (χ4v) is 2.37. The van der Waals surface area contributed by atoms with Crippen molar-refractivity contribution in [2.75, 3.05) is 0 Å². The van der Waals surface area contributed by atoms with Gasteiger partial charge in [-0.3, -0.25) is 0 Å². The minimum absolute atomic E-state index is 0.454. The molecular weight excluding hydrogens is 160 g/mol. The molecule has 0 aliphatic heterocycles. The third-order valence-corrected chi connectivity index (χ3v) is 3.39. The van der Waals surface area contributed by atoms with E-state index in [-0.39, 0.29) is 0 Å². The maximum Gasteiger partial charge on any atom is 0.0591 e. The summed E-state index contributed by atoms with van der Waals surface area (Å²) in [5.41, 5.74) is -0.454. The Hall–Kier alpha value is -0.0400. The van der Waals surface area contributed by atoms with Gasteiger partial charge in [-0.15, -0.1) is 0 Å². The molecule has 2 unspecified atom stereocenters. The van der Waals surface area contributed by atoms with Crippen molar-refractivity contribution in [3.8, 4) is 0 Å². The average molecular weight is 184 g/mol. The first-order chi connectivity index (χ1) is 6.01. The number of rotatable bonds is 4. The Morgan fingerprint density at radius 1 is 1.23 bits per heavy atom. The summed E-state index contributed by atoms with van der Waals surface area (Å²) in [5.74, 6) is 1.88. The Bertz CT molecular complexity index is 146. The predicted molar refractivity (Wildman–Crippen MR) is 56.7 cm³/mol. The Labute approximate surface area is 82.5 Å². The Balaban J connectivity index is 2.17. The topological polar surface area (TPSA) is 20.2 Å². The van der Waals surface area contributed by atoms with E-state index in [1.807, 2.05) is 13.8 Å². The third-order valence-electron chi connectivity index (χ3n) is 3.39. The molecule has 1 aliphatic rings. The minimum atomic E-state index is -0.454. The summed E-state index contributed by atoms with van der Waals surface area (Å²) in [6.07, 6.45) is 7.77. The van der Waals surface area contributed by atoms with Crippen LogP contribution in [-0.2, 0) is 0 Å². The molecule has 1 heteroatoms. The van der Waals surface area contributed by atoms with Crippen molar-refractivity contribution >= 4 is 0 Å². The van der Waals surface area contributed by atoms with Gasteiger partial charge < -0.3 is 5.11 Å². The zero-order chi connectivity index (χ0) is 9.90. The smallest absolute Gasteiger partial charge is 0.0591 e. The second-order valence-corrected chi connectivity index (χ2v) is 5.30. The van der Waals surface area contributed by atoms with Gasteiger partial charge in [-0.25, -0.2) is 0 Å². The van der Waals surface area contributed by atoms with Gasteiger partial charge in [-0.2, -0.15) is 0 Å². The van der Waals surface area contributed by atoms with Gasteiger partial charge in [0.1, 0.15) is 0 Å². The Kier molecular flexibility index (Phi) is 3.78. The molecule has 0 amide bonds. The maximum absolute atomic E-state index is 9.60. The molecule has 1 rings (SSSR count). The molecule has 0 aromatic carbocycles. The number of hydrogen-bond donors (Lipinski definition) is 1. The lowest BCUT2D eigenvalue weighted by atomic mass is 9.93. The largest absolute Gasteiger partial charge is 0.390 e. The highest BCUT2D eigenvalue weighted by molar-refractivity contribution is 4.77. The lowest BCUT2D eigenvalue weighted by molar-refractivity contribution is 0.0636. The highest BCUT2D eigenvalue weighted by Crippen LogP contribution is 2.36. The van der Waals surface area contributed by atoms with Crippen LogP contribution in [0.4, 0.5) is 0 Å². The minimum Gasteiger partial charge on any atom is -0.390 e. The Morgan fingerprint density at radius 3 is 2.31 bits per heavy atom. The van der Waals surface area contributed by atoms with Crippen molar-refractivity contribution in [1.82, 2.24) is 0 Å². The molecule has 0 heterocycles. The lowest BCUT2D eigenvalue weighted by Gasteiger charge is -2.19. The van der Waals surface area contributed by atoms with Crippen LogP contribution in [0, 0.1) is 11.8 Å². The first kappa shape index (κ1) is 11.0. The molecule has 13 heavy (non-hydrogen) atoms. The zero-order valence-electron chi connectivity index (χ0n) is 9.34. The second kappa shape index (κ2) is 4.45. The van der Waals surface area contributed by atoms with Gasteiger partial charge >= 0.3 is 0 Å². The Morgan fingerprint density at radius 2 is 1.85 bits per heavy atom. The summed E-state index contributed by atoms with van der Waals surface area (Å²) < 4.78 is 0. The fraction of sp³-hybridized carbons (Fsp3) is 1.00. The third kappa shape index (κ3) is 4.12. The molecule has 0 bridgehead atoms. The van der Waals surface area contributed by atoms with Crippen LogP contribution in [-0.4, -0.2) is 10.7 Å². The van der Waals surface area contributed by atoms with Crippen LogP contribution in [0.2, 0.25) is 0 Å². The van der Waals surface area contributed by atoms with Crippen molar-refractivity contribution in [2.45, 2.75) is 64.9 Å². The van der Waals surface area contributed by atoms with E-state index >= 15 is 0 Å². The van der Waals surface area contributed by atoms with Crippen LogP contribution < -0.4 is 0 Å². The normalized spacial score (nSPS) is 29.5. The molecule has 0 spiro atoms. The molecular formula is C12H24O. The van der Waals surface area contributed by atoms with Crippen LogP contribution in [0.15, 0.2) is 0 Å². The van der Waals surface area contributed by atoms with Crippen LogP contribution in [0.5, 0.6) is 0 Å². The summed E-state index contributed by atoms with van der Waals surface area (Å²) in [6, 6.07) is 0. The summed E-state index contributed by atoms with van der Waals surface area (Å²) in [5, 5.41) is 9.60. The highest BCUT2D eigenvalue weighted by Gasteiger charge is 2.24. The van der Waals surface area contributed by atoms with Gasteiger partial charge in [0.25, 0.3) is 0 Å². The second-order valence-electron chi connectivity index (χ2n) is 5.30. The first-order valence-corrected chi connectivity index (χ1v) is 5.73. The van der Waals surface area contributed by atoms with Crippen molar-refractivity contribution in [3.05, 3.63) is 0 Å². The van der Waals surface area contributed by atoms with E-state index in [1.54, 1.807) is 0 Å². The lowest BCUT2D eigenvalue weighted by Crippen LogP contribution is -2.19. The van der Waals surface area contributed by atoms with Crippen molar-refractivity contribution < 1.29 is 5.11 Å². The summed E-state index contributed by atoms with van der Waals surface area (Å²) in [7, 11) is 0. The standard InChI is InChI=1S/C12H24O/c1-4-10-5-6-11(9-10)7-8-12(2,3)13/h10-11,13H,4-9H2,1-3H3. The van der Waals surface area contributed by atoms with Gasteiger partial charge in [-0.1, -0.05) is 26.2 Å². The highest BCUT2D eigenvalue weighted by atomic mass is 16.3. The van der Waals surface area contributed by atoms with Crippen LogP contribution in [0.3, 0.4) is 0 Å². The van der Waals surface area contributed by atoms with Gasteiger partial charge in [0.2, 0.25) is 0 Å². The van der Waals surface area contributed by atoms with Gasteiger partial charge in [0, 0.05) is 0 Å².